The van der Waals surface area contributed by atoms with Crippen LogP contribution in [0.1, 0.15) is 51.0 Å². The first-order valence-electron chi connectivity index (χ1n) is 14.2. The van der Waals surface area contributed by atoms with Crippen molar-refractivity contribution in [3.05, 3.63) is 143 Å². The molecule has 2 unspecified atom stereocenters. The third-order valence-corrected chi connectivity index (χ3v) is 8.24. The molecule has 3 amide bonds. The number of fused-ring (bicyclic) bond motifs is 1. The fourth-order valence-electron chi connectivity index (χ4n) is 6.12. The molecular weight excluding hydrogens is 510 g/mol. The number of amides is 3. The monoisotopic (exact) mass is 543 g/mol. The second-order valence-corrected chi connectivity index (χ2v) is 10.7. The van der Waals surface area contributed by atoms with Gasteiger partial charge in [-0.3, -0.25) is 14.4 Å². The molecule has 206 valence electrons. The van der Waals surface area contributed by atoms with E-state index in [9.17, 15) is 14.4 Å². The normalized spacial score (nSPS) is 18.2. The number of aryl methyl sites for hydroxylation is 1. The van der Waals surface area contributed by atoms with Crippen molar-refractivity contribution in [2.45, 2.75) is 30.8 Å². The Kier molecular flexibility index (Phi) is 7.63. The summed E-state index contributed by atoms with van der Waals surface area (Å²) in [6.07, 6.45) is 1.72. The van der Waals surface area contributed by atoms with Gasteiger partial charge in [-0.1, -0.05) is 103 Å². The molecule has 0 saturated carbocycles. The van der Waals surface area contributed by atoms with Gasteiger partial charge in [0.05, 0.1) is 18.5 Å². The minimum absolute atomic E-state index is 0.0711. The van der Waals surface area contributed by atoms with Crippen LogP contribution in [-0.4, -0.2) is 53.2 Å². The maximum Gasteiger partial charge on any atom is 0.254 e. The van der Waals surface area contributed by atoms with Gasteiger partial charge in [0.1, 0.15) is 6.04 Å². The molecule has 1 aliphatic carbocycles. The van der Waals surface area contributed by atoms with Crippen LogP contribution in [0.15, 0.2) is 115 Å². The second kappa shape index (κ2) is 11.8. The highest BCUT2D eigenvalue weighted by Crippen LogP contribution is 2.32. The van der Waals surface area contributed by atoms with E-state index in [0.29, 0.717) is 12.1 Å². The highest BCUT2D eigenvalue weighted by Gasteiger charge is 2.40. The number of benzene rings is 4. The summed E-state index contributed by atoms with van der Waals surface area (Å²) >= 11 is 0. The first kappa shape index (κ1) is 26.5. The van der Waals surface area contributed by atoms with E-state index in [1.807, 2.05) is 91.0 Å². The summed E-state index contributed by atoms with van der Waals surface area (Å²) in [7, 11) is 0. The minimum Gasteiger partial charge on any atom is -0.347 e. The average Bonchev–Trinajstić information content (AvgIpc) is 3.44. The summed E-state index contributed by atoms with van der Waals surface area (Å²) in [5.41, 5.74) is 4.69. The molecule has 6 nitrogen and oxygen atoms in total. The molecule has 0 aromatic heterocycles. The van der Waals surface area contributed by atoms with Crippen LogP contribution in [0.25, 0.3) is 0 Å². The zero-order valence-electron chi connectivity index (χ0n) is 22.9. The Labute approximate surface area is 240 Å². The molecule has 0 spiro atoms. The van der Waals surface area contributed by atoms with Crippen molar-refractivity contribution in [2.75, 3.05) is 19.6 Å². The molecule has 41 heavy (non-hydrogen) atoms. The lowest BCUT2D eigenvalue weighted by molar-refractivity contribution is -0.137. The quantitative estimate of drug-likeness (QED) is 0.373. The van der Waals surface area contributed by atoms with Gasteiger partial charge in [-0.2, -0.15) is 0 Å². The Morgan fingerprint density at radius 1 is 0.707 bits per heavy atom. The molecule has 1 heterocycles. The molecule has 6 rings (SSSR count). The molecule has 1 fully saturated rings. The van der Waals surface area contributed by atoms with Gasteiger partial charge in [0.2, 0.25) is 11.8 Å². The molecule has 2 aliphatic rings. The van der Waals surface area contributed by atoms with Crippen LogP contribution < -0.4 is 5.32 Å². The molecule has 1 aliphatic heterocycles. The van der Waals surface area contributed by atoms with Gasteiger partial charge in [-0.25, -0.2) is 0 Å². The zero-order valence-corrected chi connectivity index (χ0v) is 22.9. The summed E-state index contributed by atoms with van der Waals surface area (Å²) in [6, 6.07) is 35.8. The third kappa shape index (κ3) is 5.50. The number of piperazine rings is 1. The topological polar surface area (TPSA) is 69.7 Å². The van der Waals surface area contributed by atoms with Gasteiger partial charge in [0.15, 0.2) is 0 Å². The largest absolute Gasteiger partial charge is 0.347 e. The summed E-state index contributed by atoms with van der Waals surface area (Å²) in [6.45, 7) is 0.756. The summed E-state index contributed by atoms with van der Waals surface area (Å²) in [5, 5.41) is 3.22. The van der Waals surface area contributed by atoms with E-state index in [0.717, 1.165) is 29.5 Å². The minimum atomic E-state index is -0.805. The van der Waals surface area contributed by atoms with E-state index >= 15 is 0 Å². The molecule has 6 heteroatoms. The van der Waals surface area contributed by atoms with Crippen molar-refractivity contribution < 1.29 is 14.4 Å². The molecule has 4 aromatic rings. The lowest BCUT2D eigenvalue weighted by Gasteiger charge is -2.42. The summed E-state index contributed by atoms with van der Waals surface area (Å²) in [5.74, 6) is -1.01. The number of nitrogens with one attached hydrogen (secondary N) is 1. The van der Waals surface area contributed by atoms with Crippen molar-refractivity contribution in [3.63, 3.8) is 0 Å². The van der Waals surface area contributed by atoms with E-state index < -0.39 is 12.0 Å². The van der Waals surface area contributed by atoms with Crippen molar-refractivity contribution in [3.8, 4) is 0 Å². The molecule has 2 atom stereocenters. The maximum atomic E-state index is 14.2. The smallest absolute Gasteiger partial charge is 0.254 e. The van der Waals surface area contributed by atoms with Gasteiger partial charge in [0.25, 0.3) is 5.91 Å². The second-order valence-electron chi connectivity index (χ2n) is 10.7. The van der Waals surface area contributed by atoms with Crippen molar-refractivity contribution in [1.29, 1.82) is 0 Å². The average molecular weight is 544 g/mol. The molecule has 0 radical (unpaired) electrons. The van der Waals surface area contributed by atoms with Gasteiger partial charge in [0, 0.05) is 18.7 Å². The standard InChI is InChI=1S/C35H33N3O3/c39-33(36-30-21-20-25-12-10-11-19-29(25)30)31-24-37(22-23-38(31)34(40)28-17-8-3-9-18-28)35(41)32(26-13-4-1-5-14-26)27-15-6-2-7-16-27/h1-19,30-32H,20-24H2,(H,36,39). The van der Waals surface area contributed by atoms with Gasteiger partial charge >= 0.3 is 0 Å². The first-order chi connectivity index (χ1) is 20.1. The van der Waals surface area contributed by atoms with E-state index in [-0.39, 0.29) is 36.9 Å². The SMILES string of the molecule is O=C(NC1CCc2ccccc21)C1CN(C(=O)C(c2ccccc2)c2ccccc2)CCN1C(=O)c1ccccc1. The fraction of sp³-hybridized carbons (Fsp3) is 0.229. The van der Waals surface area contributed by atoms with Crippen LogP contribution in [0.4, 0.5) is 0 Å². The molecule has 1 N–H and O–H groups in total. The van der Waals surface area contributed by atoms with Crippen LogP contribution in [-0.2, 0) is 16.0 Å². The highest BCUT2D eigenvalue weighted by molar-refractivity contribution is 5.98. The Balaban J connectivity index is 1.29. The zero-order chi connectivity index (χ0) is 28.2. The number of carbonyl (C=O) groups excluding carboxylic acids is 3. The molecule has 1 saturated heterocycles. The number of hydrogen-bond donors (Lipinski definition) is 1. The van der Waals surface area contributed by atoms with Crippen LogP contribution >= 0.6 is 0 Å². The van der Waals surface area contributed by atoms with E-state index in [2.05, 4.69) is 17.4 Å². The fourth-order valence-corrected chi connectivity index (χ4v) is 6.12. The molecular formula is C35H33N3O3. The Morgan fingerprint density at radius 3 is 1.95 bits per heavy atom. The van der Waals surface area contributed by atoms with E-state index in [4.69, 9.17) is 0 Å². The maximum absolute atomic E-state index is 14.2. The number of hydrogen-bond acceptors (Lipinski definition) is 3. The molecule has 4 aromatic carbocycles. The third-order valence-electron chi connectivity index (χ3n) is 8.24. The number of nitrogens with zero attached hydrogens (tertiary/aromatic N) is 2. The van der Waals surface area contributed by atoms with Crippen molar-refractivity contribution in [1.82, 2.24) is 15.1 Å². The molecule has 0 bridgehead atoms. The van der Waals surface area contributed by atoms with Crippen LogP contribution in [0.3, 0.4) is 0 Å². The highest BCUT2D eigenvalue weighted by atomic mass is 16.2. The Hall–Kier alpha value is -4.71. The van der Waals surface area contributed by atoms with Crippen molar-refractivity contribution >= 4 is 17.7 Å². The van der Waals surface area contributed by atoms with Gasteiger partial charge in [-0.15, -0.1) is 0 Å². The van der Waals surface area contributed by atoms with E-state index in [1.54, 1.807) is 21.9 Å². The number of rotatable bonds is 6. The Morgan fingerprint density at radius 2 is 1.29 bits per heavy atom. The predicted octanol–water partition coefficient (Wildman–Crippen LogP) is 4.98. The van der Waals surface area contributed by atoms with Crippen LogP contribution in [0.2, 0.25) is 0 Å². The lowest BCUT2D eigenvalue weighted by atomic mass is 9.89. The van der Waals surface area contributed by atoms with Crippen molar-refractivity contribution in [2.24, 2.45) is 0 Å². The van der Waals surface area contributed by atoms with E-state index in [1.165, 1.54) is 5.56 Å². The predicted molar refractivity (Wildman–Crippen MR) is 158 cm³/mol. The first-order valence-corrected chi connectivity index (χ1v) is 14.2. The van der Waals surface area contributed by atoms with Gasteiger partial charge < -0.3 is 15.1 Å². The van der Waals surface area contributed by atoms with Gasteiger partial charge in [-0.05, 0) is 47.2 Å². The number of carbonyl (C=O) groups is 3. The van der Waals surface area contributed by atoms with Crippen LogP contribution in [0, 0.1) is 0 Å². The lowest BCUT2D eigenvalue weighted by Crippen LogP contribution is -2.62. The van der Waals surface area contributed by atoms with Crippen LogP contribution in [0.5, 0.6) is 0 Å². The summed E-state index contributed by atoms with van der Waals surface area (Å²) < 4.78 is 0. The summed E-state index contributed by atoms with van der Waals surface area (Å²) in [4.78, 5) is 45.2. The Bertz CT molecular complexity index is 1480.